The van der Waals surface area contributed by atoms with Gasteiger partial charge in [0.1, 0.15) is 0 Å². The van der Waals surface area contributed by atoms with E-state index in [0.29, 0.717) is 0 Å². The van der Waals surface area contributed by atoms with Gasteiger partial charge in [0.25, 0.3) is 10.1 Å². The molecule has 0 amide bonds. The van der Waals surface area contributed by atoms with Crippen LogP contribution < -0.4 is 0 Å². The summed E-state index contributed by atoms with van der Waals surface area (Å²) in [4.78, 5) is 0. The lowest BCUT2D eigenvalue weighted by atomic mass is 10.2. The molecule has 0 N–H and O–H groups in total. The summed E-state index contributed by atoms with van der Waals surface area (Å²) in [5.74, 6) is 0.120. The van der Waals surface area contributed by atoms with Crippen LogP contribution in [0, 0.1) is 5.92 Å². The lowest BCUT2D eigenvalue weighted by Crippen LogP contribution is -2.12. The van der Waals surface area contributed by atoms with Gasteiger partial charge in [0.05, 0.1) is 12.4 Å². The average molecular weight is 178 g/mol. The first-order valence-corrected chi connectivity index (χ1v) is 5.03. The highest BCUT2D eigenvalue weighted by Crippen LogP contribution is 1.99. The van der Waals surface area contributed by atoms with Crippen LogP contribution in [-0.4, -0.2) is 20.8 Å². The Morgan fingerprint density at radius 2 is 2.09 bits per heavy atom. The van der Waals surface area contributed by atoms with Gasteiger partial charge in [-0.25, -0.2) is 0 Å². The summed E-state index contributed by atoms with van der Waals surface area (Å²) in [6, 6.07) is 0. The highest BCUT2D eigenvalue weighted by Gasteiger charge is 2.08. The monoisotopic (exact) mass is 178 g/mol. The fourth-order valence-electron chi connectivity index (χ4n) is 0.432. The summed E-state index contributed by atoms with van der Waals surface area (Å²) in [5, 5.41) is 0. The topological polar surface area (TPSA) is 43.4 Å². The first kappa shape index (κ1) is 10.7. The summed E-state index contributed by atoms with van der Waals surface area (Å²) in [5.41, 5.74) is 0. The van der Waals surface area contributed by atoms with Crippen LogP contribution in [-0.2, 0) is 14.3 Å². The molecule has 0 aliphatic rings. The van der Waals surface area contributed by atoms with Crippen LogP contribution in [0.5, 0.6) is 0 Å². The van der Waals surface area contributed by atoms with Crippen molar-refractivity contribution in [3.05, 3.63) is 12.7 Å². The summed E-state index contributed by atoms with van der Waals surface area (Å²) >= 11 is 0. The van der Waals surface area contributed by atoms with Crippen molar-refractivity contribution in [2.75, 3.05) is 12.4 Å². The molecule has 0 atom stereocenters. The van der Waals surface area contributed by atoms with E-state index in [4.69, 9.17) is 0 Å². The lowest BCUT2D eigenvalue weighted by Gasteiger charge is -2.04. The van der Waals surface area contributed by atoms with Crippen molar-refractivity contribution in [1.82, 2.24) is 0 Å². The maximum atomic E-state index is 10.8. The highest BCUT2D eigenvalue weighted by molar-refractivity contribution is 7.86. The Bertz CT molecular complexity index is 204. The van der Waals surface area contributed by atoms with Crippen LogP contribution in [0.2, 0.25) is 0 Å². The molecule has 0 saturated carbocycles. The first-order chi connectivity index (χ1) is 4.98. The van der Waals surface area contributed by atoms with Gasteiger partial charge in [-0.15, -0.1) is 6.58 Å². The van der Waals surface area contributed by atoms with E-state index in [-0.39, 0.29) is 18.3 Å². The maximum Gasteiger partial charge on any atom is 0.270 e. The van der Waals surface area contributed by atoms with Crippen molar-refractivity contribution in [3.63, 3.8) is 0 Å². The fraction of sp³-hybridized carbons (Fsp3) is 0.714. The van der Waals surface area contributed by atoms with Gasteiger partial charge in [-0.05, 0) is 5.92 Å². The molecule has 0 bridgehead atoms. The summed E-state index contributed by atoms with van der Waals surface area (Å²) in [6.45, 7) is 7.34. The molecule has 0 saturated heterocycles. The van der Waals surface area contributed by atoms with Crippen molar-refractivity contribution in [3.8, 4) is 0 Å². The van der Waals surface area contributed by atoms with Gasteiger partial charge in [-0.2, -0.15) is 8.42 Å². The Balaban J connectivity index is 3.83. The Morgan fingerprint density at radius 1 is 1.55 bits per heavy atom. The fourth-order valence-corrected chi connectivity index (χ4v) is 1.30. The summed E-state index contributed by atoms with van der Waals surface area (Å²) in [7, 11) is -3.34. The second kappa shape index (κ2) is 4.51. The Morgan fingerprint density at radius 3 is 2.45 bits per heavy atom. The predicted octanol–water partition coefficient (Wildman–Crippen LogP) is 1.17. The maximum absolute atomic E-state index is 10.8. The van der Waals surface area contributed by atoms with E-state index in [1.165, 1.54) is 6.08 Å². The molecule has 0 aliphatic carbocycles. The predicted molar refractivity (Wildman–Crippen MR) is 44.8 cm³/mol. The third-order valence-corrected chi connectivity index (χ3v) is 2.04. The zero-order valence-corrected chi connectivity index (χ0v) is 7.73. The van der Waals surface area contributed by atoms with Gasteiger partial charge in [0, 0.05) is 0 Å². The molecule has 0 heterocycles. The molecule has 0 unspecified atom stereocenters. The normalized spacial score (nSPS) is 11.9. The molecule has 4 heteroatoms. The van der Waals surface area contributed by atoms with Gasteiger partial charge in [0.2, 0.25) is 0 Å². The molecule has 11 heavy (non-hydrogen) atoms. The Kier molecular flexibility index (Phi) is 4.37. The second-order valence-electron chi connectivity index (χ2n) is 2.69. The van der Waals surface area contributed by atoms with E-state index in [1.807, 2.05) is 13.8 Å². The van der Waals surface area contributed by atoms with Crippen molar-refractivity contribution in [1.29, 1.82) is 0 Å². The quantitative estimate of drug-likeness (QED) is 0.469. The standard InChI is InChI=1S/C7H14O3S/c1-4-5-11(8,9)10-6-7(2)3/h4,7H,1,5-6H2,2-3H3. The van der Waals surface area contributed by atoms with Crippen LogP contribution in [0.1, 0.15) is 13.8 Å². The van der Waals surface area contributed by atoms with Gasteiger partial charge >= 0.3 is 0 Å². The smallest absolute Gasteiger partial charge is 0.270 e. The minimum atomic E-state index is -3.34. The largest absolute Gasteiger partial charge is 0.270 e. The molecule has 0 aromatic rings. The minimum Gasteiger partial charge on any atom is -0.270 e. The van der Waals surface area contributed by atoms with E-state index in [0.717, 1.165) is 0 Å². The van der Waals surface area contributed by atoms with E-state index >= 15 is 0 Å². The number of rotatable bonds is 5. The average Bonchev–Trinajstić information content (AvgIpc) is 1.84. The zero-order chi connectivity index (χ0) is 8.91. The minimum absolute atomic E-state index is 0.111. The van der Waals surface area contributed by atoms with Crippen molar-refractivity contribution >= 4 is 10.1 Å². The summed E-state index contributed by atoms with van der Waals surface area (Å²) < 4.78 is 26.3. The van der Waals surface area contributed by atoms with Crippen molar-refractivity contribution < 1.29 is 12.6 Å². The third-order valence-electron chi connectivity index (χ3n) is 0.903. The summed E-state index contributed by atoms with van der Waals surface area (Å²) in [6.07, 6.45) is 1.32. The SMILES string of the molecule is C=CCS(=O)(=O)OCC(C)C. The molecule has 0 spiro atoms. The van der Waals surface area contributed by atoms with Gasteiger partial charge in [-0.3, -0.25) is 4.18 Å². The van der Waals surface area contributed by atoms with Crippen LogP contribution in [0.3, 0.4) is 0 Å². The Hall–Kier alpha value is -0.350. The first-order valence-electron chi connectivity index (χ1n) is 3.46. The number of hydrogen-bond donors (Lipinski definition) is 0. The molecular weight excluding hydrogens is 164 g/mol. The van der Waals surface area contributed by atoms with Crippen LogP contribution in [0.25, 0.3) is 0 Å². The zero-order valence-electron chi connectivity index (χ0n) is 6.91. The molecular formula is C7H14O3S. The van der Waals surface area contributed by atoms with Gasteiger partial charge in [-0.1, -0.05) is 19.9 Å². The van der Waals surface area contributed by atoms with Crippen molar-refractivity contribution in [2.24, 2.45) is 5.92 Å². The molecule has 66 valence electrons. The van der Waals surface area contributed by atoms with E-state index in [1.54, 1.807) is 0 Å². The van der Waals surface area contributed by atoms with Crippen LogP contribution >= 0.6 is 0 Å². The Labute approximate surface area is 68.2 Å². The van der Waals surface area contributed by atoms with Gasteiger partial charge < -0.3 is 0 Å². The lowest BCUT2D eigenvalue weighted by molar-refractivity contribution is 0.276. The van der Waals surface area contributed by atoms with E-state index in [2.05, 4.69) is 10.8 Å². The molecule has 0 fully saturated rings. The van der Waals surface area contributed by atoms with E-state index < -0.39 is 10.1 Å². The van der Waals surface area contributed by atoms with Gasteiger partial charge in [0.15, 0.2) is 0 Å². The molecule has 3 nitrogen and oxygen atoms in total. The molecule has 0 radical (unpaired) electrons. The molecule has 0 aliphatic heterocycles. The van der Waals surface area contributed by atoms with E-state index in [9.17, 15) is 8.42 Å². The molecule has 0 aromatic heterocycles. The molecule has 0 aromatic carbocycles. The highest BCUT2D eigenvalue weighted by atomic mass is 32.2. The van der Waals surface area contributed by atoms with Crippen molar-refractivity contribution in [2.45, 2.75) is 13.8 Å². The second-order valence-corrected chi connectivity index (χ2v) is 4.38. The third kappa shape index (κ3) is 6.06. The molecule has 0 rings (SSSR count). The number of hydrogen-bond acceptors (Lipinski definition) is 3. The van der Waals surface area contributed by atoms with Crippen LogP contribution in [0.15, 0.2) is 12.7 Å². The van der Waals surface area contributed by atoms with Crippen LogP contribution in [0.4, 0.5) is 0 Å².